The quantitative estimate of drug-likeness (QED) is 0.795. The van der Waals surface area contributed by atoms with Gasteiger partial charge in [-0.1, -0.05) is 36.9 Å². The fraction of sp³-hybridized carbons (Fsp3) is 0.231. The summed E-state index contributed by atoms with van der Waals surface area (Å²) in [6.07, 6.45) is 1.79. The van der Waals surface area contributed by atoms with Crippen molar-refractivity contribution in [2.24, 2.45) is 0 Å². The van der Waals surface area contributed by atoms with Crippen molar-refractivity contribution in [3.63, 3.8) is 0 Å². The van der Waals surface area contributed by atoms with Gasteiger partial charge in [0.15, 0.2) is 0 Å². The van der Waals surface area contributed by atoms with Crippen molar-refractivity contribution in [1.29, 1.82) is 0 Å². The molecule has 0 aliphatic heterocycles. The molecule has 1 aromatic rings. The Morgan fingerprint density at radius 3 is 1.94 bits per heavy atom. The zero-order valence-corrected chi connectivity index (χ0v) is 11.4. The molecule has 0 heterocycles. The van der Waals surface area contributed by atoms with Gasteiger partial charge in [-0.2, -0.15) is 0 Å². The van der Waals surface area contributed by atoms with E-state index in [-0.39, 0.29) is 0 Å². The molecule has 2 unspecified atom stereocenters. The molecule has 0 aromatic heterocycles. The van der Waals surface area contributed by atoms with Gasteiger partial charge in [0.25, 0.3) is 0 Å². The minimum atomic E-state index is -1.01. The average molecular weight is 268 g/mol. The summed E-state index contributed by atoms with van der Waals surface area (Å²) in [7, 11) is -1.95. The standard InChI is InChI=1S/C13H16O2S2/c1-3-9-17(15)11-13-7-5-12(6-8-13)10-16(14)4-2/h3-9H,2,10-11H2,1H3. The van der Waals surface area contributed by atoms with Crippen molar-refractivity contribution < 1.29 is 8.42 Å². The Labute approximate surface area is 107 Å². The van der Waals surface area contributed by atoms with E-state index in [4.69, 9.17) is 0 Å². The van der Waals surface area contributed by atoms with Gasteiger partial charge in [-0.05, 0) is 28.9 Å². The van der Waals surface area contributed by atoms with Gasteiger partial charge in [0.2, 0.25) is 0 Å². The third-order valence-corrected chi connectivity index (χ3v) is 4.30. The van der Waals surface area contributed by atoms with Gasteiger partial charge in [-0.15, -0.1) is 0 Å². The first-order chi connectivity index (χ1) is 8.15. The molecule has 2 nitrogen and oxygen atoms in total. The van der Waals surface area contributed by atoms with Crippen LogP contribution < -0.4 is 0 Å². The first-order valence-electron chi connectivity index (χ1n) is 5.23. The lowest BCUT2D eigenvalue weighted by molar-refractivity contribution is 0.686. The van der Waals surface area contributed by atoms with Crippen LogP contribution in [0.3, 0.4) is 0 Å². The topological polar surface area (TPSA) is 34.1 Å². The Hall–Kier alpha value is -1.00. The summed E-state index contributed by atoms with van der Waals surface area (Å²) in [6, 6.07) is 7.70. The van der Waals surface area contributed by atoms with Crippen LogP contribution in [-0.4, -0.2) is 8.42 Å². The maximum atomic E-state index is 11.5. The number of allylic oxidation sites excluding steroid dienone is 1. The normalized spacial score (nSPS) is 14.6. The largest absolute Gasteiger partial charge is 0.255 e. The van der Waals surface area contributed by atoms with E-state index in [2.05, 4.69) is 6.58 Å². The second-order valence-electron chi connectivity index (χ2n) is 3.50. The Kier molecular flexibility index (Phi) is 6.08. The maximum Gasteiger partial charge on any atom is 0.0526 e. The van der Waals surface area contributed by atoms with E-state index < -0.39 is 21.6 Å². The molecule has 0 spiro atoms. The molecule has 0 saturated carbocycles. The first kappa shape index (κ1) is 14.1. The average Bonchev–Trinajstić information content (AvgIpc) is 2.32. The van der Waals surface area contributed by atoms with E-state index in [9.17, 15) is 8.42 Å². The van der Waals surface area contributed by atoms with Gasteiger partial charge < -0.3 is 0 Å². The second kappa shape index (κ2) is 7.35. The number of benzene rings is 1. The molecule has 0 radical (unpaired) electrons. The molecule has 0 amide bonds. The summed E-state index contributed by atoms with van der Waals surface area (Å²) in [6.45, 7) is 5.34. The molecule has 0 aliphatic rings. The minimum absolute atomic E-state index is 0.488. The number of hydrogen-bond donors (Lipinski definition) is 0. The Morgan fingerprint density at radius 2 is 1.53 bits per heavy atom. The van der Waals surface area contributed by atoms with Crippen LogP contribution in [0.15, 0.2) is 47.7 Å². The predicted molar refractivity (Wildman–Crippen MR) is 75.1 cm³/mol. The van der Waals surface area contributed by atoms with E-state index in [1.54, 1.807) is 11.5 Å². The highest BCUT2D eigenvalue weighted by Crippen LogP contribution is 2.09. The minimum Gasteiger partial charge on any atom is -0.255 e. The van der Waals surface area contributed by atoms with Crippen LogP contribution in [0.1, 0.15) is 18.1 Å². The van der Waals surface area contributed by atoms with Crippen molar-refractivity contribution in [1.82, 2.24) is 0 Å². The highest BCUT2D eigenvalue weighted by molar-refractivity contribution is 7.87. The van der Waals surface area contributed by atoms with Gasteiger partial charge >= 0.3 is 0 Å². The molecule has 0 saturated heterocycles. The van der Waals surface area contributed by atoms with E-state index >= 15 is 0 Å². The Bertz CT molecular complexity index is 447. The van der Waals surface area contributed by atoms with Crippen molar-refractivity contribution in [3.05, 3.63) is 58.9 Å². The van der Waals surface area contributed by atoms with Crippen LogP contribution in [0.4, 0.5) is 0 Å². The van der Waals surface area contributed by atoms with Crippen molar-refractivity contribution >= 4 is 21.6 Å². The lowest BCUT2D eigenvalue weighted by atomic mass is 10.2. The zero-order valence-electron chi connectivity index (χ0n) is 9.80. The van der Waals surface area contributed by atoms with Crippen molar-refractivity contribution in [2.75, 3.05) is 0 Å². The summed E-state index contributed by atoms with van der Waals surface area (Å²) in [5, 5.41) is 3.12. The SMILES string of the molecule is C=CS(=O)Cc1ccc(CS(=O)C=CC)cc1. The molecule has 92 valence electrons. The number of rotatable bonds is 6. The van der Waals surface area contributed by atoms with Gasteiger partial charge in [0, 0.05) is 21.6 Å². The summed E-state index contributed by atoms with van der Waals surface area (Å²) >= 11 is 0. The van der Waals surface area contributed by atoms with E-state index in [1.807, 2.05) is 31.2 Å². The van der Waals surface area contributed by atoms with Crippen LogP contribution in [0, 0.1) is 0 Å². The molecular weight excluding hydrogens is 252 g/mol. The monoisotopic (exact) mass is 268 g/mol. The van der Waals surface area contributed by atoms with Gasteiger partial charge in [-0.3, -0.25) is 8.42 Å². The summed E-state index contributed by atoms with van der Waals surface area (Å²) < 4.78 is 22.7. The molecule has 4 heteroatoms. The van der Waals surface area contributed by atoms with Crippen molar-refractivity contribution in [2.45, 2.75) is 18.4 Å². The third kappa shape index (κ3) is 5.24. The fourth-order valence-electron chi connectivity index (χ4n) is 1.32. The zero-order chi connectivity index (χ0) is 12.7. The van der Waals surface area contributed by atoms with Crippen molar-refractivity contribution in [3.8, 4) is 0 Å². The molecule has 1 rings (SSSR count). The lowest BCUT2D eigenvalue weighted by Crippen LogP contribution is -1.94. The third-order valence-electron chi connectivity index (χ3n) is 2.11. The summed E-state index contributed by atoms with van der Waals surface area (Å²) in [5.41, 5.74) is 2.03. The highest BCUT2D eigenvalue weighted by atomic mass is 32.2. The van der Waals surface area contributed by atoms with E-state index in [0.29, 0.717) is 11.5 Å². The lowest BCUT2D eigenvalue weighted by Gasteiger charge is -2.01. The molecular formula is C13H16O2S2. The van der Waals surface area contributed by atoms with Gasteiger partial charge in [0.1, 0.15) is 0 Å². The smallest absolute Gasteiger partial charge is 0.0526 e. The van der Waals surface area contributed by atoms with Crippen LogP contribution in [0.25, 0.3) is 0 Å². The van der Waals surface area contributed by atoms with Gasteiger partial charge in [0.05, 0.1) is 11.5 Å². The van der Waals surface area contributed by atoms with E-state index in [1.165, 1.54) is 5.41 Å². The second-order valence-corrected chi connectivity index (χ2v) is 6.21. The number of hydrogen-bond acceptors (Lipinski definition) is 2. The molecule has 0 aliphatic carbocycles. The Morgan fingerprint density at radius 1 is 1.06 bits per heavy atom. The van der Waals surface area contributed by atoms with E-state index in [0.717, 1.165) is 11.1 Å². The van der Waals surface area contributed by atoms with Gasteiger partial charge in [-0.25, -0.2) is 0 Å². The molecule has 0 fully saturated rings. The molecule has 0 N–H and O–H groups in total. The predicted octanol–water partition coefficient (Wildman–Crippen LogP) is 2.86. The molecule has 0 bridgehead atoms. The summed E-state index contributed by atoms with van der Waals surface area (Å²) in [4.78, 5) is 0. The van der Waals surface area contributed by atoms with Crippen LogP contribution in [0.5, 0.6) is 0 Å². The first-order valence-corrected chi connectivity index (χ1v) is 7.99. The van der Waals surface area contributed by atoms with Crippen LogP contribution >= 0.6 is 0 Å². The maximum absolute atomic E-state index is 11.5. The highest BCUT2D eigenvalue weighted by Gasteiger charge is 2.00. The van der Waals surface area contributed by atoms with Crippen LogP contribution in [0.2, 0.25) is 0 Å². The molecule has 17 heavy (non-hydrogen) atoms. The van der Waals surface area contributed by atoms with Crippen LogP contribution in [-0.2, 0) is 33.1 Å². The Balaban J connectivity index is 2.64. The fourth-order valence-corrected chi connectivity index (χ4v) is 2.88. The summed E-state index contributed by atoms with van der Waals surface area (Å²) in [5.74, 6) is 1.01. The molecule has 1 aromatic carbocycles. The molecule has 2 atom stereocenters.